The van der Waals surface area contributed by atoms with Crippen LogP contribution in [-0.2, 0) is 16.6 Å². The van der Waals surface area contributed by atoms with Crippen LogP contribution in [-0.4, -0.2) is 22.8 Å². The molecule has 3 aromatic carbocycles. The second-order valence-corrected chi connectivity index (χ2v) is 9.10. The van der Waals surface area contributed by atoms with Crippen molar-refractivity contribution in [1.29, 1.82) is 0 Å². The lowest BCUT2D eigenvalue weighted by atomic mass is 9.86. The highest BCUT2D eigenvalue weighted by Crippen LogP contribution is 2.26. The Bertz CT molecular complexity index is 1250. The summed E-state index contributed by atoms with van der Waals surface area (Å²) in [5.41, 5.74) is 9.80. The molecule has 0 spiro atoms. The lowest BCUT2D eigenvalue weighted by molar-refractivity contribution is -0.119. The molecular formula is C27H27N3O2. The third-order valence-electron chi connectivity index (χ3n) is 5.72. The van der Waals surface area contributed by atoms with Crippen molar-refractivity contribution < 1.29 is 9.59 Å². The van der Waals surface area contributed by atoms with Gasteiger partial charge in [0.25, 0.3) is 5.91 Å². The van der Waals surface area contributed by atoms with E-state index < -0.39 is 11.9 Å². The fourth-order valence-corrected chi connectivity index (χ4v) is 3.91. The molecule has 0 radical (unpaired) electrons. The molecular weight excluding hydrogens is 398 g/mol. The van der Waals surface area contributed by atoms with Crippen LogP contribution in [0, 0.1) is 0 Å². The highest BCUT2D eigenvalue weighted by atomic mass is 16.2. The van der Waals surface area contributed by atoms with E-state index >= 15 is 0 Å². The van der Waals surface area contributed by atoms with Crippen LogP contribution in [0.2, 0.25) is 0 Å². The maximum Gasteiger partial charge on any atom is 0.253 e. The standard InChI is InChI=1S/C27H27N3O2/c1-27(2,3)18-14-12-17(13-15-18)16-23(25(28)31)30-26(32)24-19-8-4-6-10-21(19)29-22-11-7-5-9-20(22)24/h4-15,23H,16H2,1-3H3,(H2,28,31)(H,30,32)/t23-/m0/s1. The monoisotopic (exact) mass is 425 g/mol. The number of hydrogen-bond donors (Lipinski definition) is 2. The van der Waals surface area contributed by atoms with Crippen LogP contribution in [0.3, 0.4) is 0 Å². The minimum absolute atomic E-state index is 0.0410. The van der Waals surface area contributed by atoms with Crippen LogP contribution < -0.4 is 11.1 Å². The summed E-state index contributed by atoms with van der Waals surface area (Å²) in [6.45, 7) is 6.45. The number of aromatic nitrogens is 1. The number of para-hydroxylation sites is 2. The van der Waals surface area contributed by atoms with Gasteiger partial charge in [0.05, 0.1) is 16.6 Å². The fourth-order valence-electron chi connectivity index (χ4n) is 3.91. The molecule has 1 atom stereocenters. The average molecular weight is 426 g/mol. The Hall–Kier alpha value is -3.73. The number of rotatable bonds is 5. The molecule has 5 heteroatoms. The van der Waals surface area contributed by atoms with Crippen LogP contribution in [0.15, 0.2) is 72.8 Å². The Kier molecular flexibility index (Phi) is 5.66. The first-order chi connectivity index (χ1) is 15.2. The molecule has 1 heterocycles. The Morgan fingerprint density at radius 3 is 1.91 bits per heavy atom. The maximum absolute atomic E-state index is 13.4. The summed E-state index contributed by atoms with van der Waals surface area (Å²) in [5.74, 6) is -0.907. The number of pyridine rings is 1. The number of carbonyl (C=O) groups excluding carboxylic acids is 2. The van der Waals surface area contributed by atoms with Gasteiger partial charge >= 0.3 is 0 Å². The zero-order valence-electron chi connectivity index (χ0n) is 18.6. The number of amides is 2. The van der Waals surface area contributed by atoms with Gasteiger partial charge < -0.3 is 11.1 Å². The van der Waals surface area contributed by atoms with E-state index in [2.05, 4.69) is 43.2 Å². The third-order valence-corrected chi connectivity index (χ3v) is 5.72. The topological polar surface area (TPSA) is 85.1 Å². The van der Waals surface area contributed by atoms with Gasteiger partial charge in [-0.05, 0) is 28.7 Å². The first-order valence-electron chi connectivity index (χ1n) is 10.7. The summed E-state index contributed by atoms with van der Waals surface area (Å²) in [6.07, 6.45) is 0.326. The molecule has 0 saturated carbocycles. The Morgan fingerprint density at radius 2 is 1.41 bits per heavy atom. The molecule has 162 valence electrons. The fraction of sp³-hybridized carbons (Fsp3) is 0.222. The lowest BCUT2D eigenvalue weighted by Gasteiger charge is -2.20. The predicted octanol–water partition coefficient (Wildman–Crippen LogP) is 4.51. The van der Waals surface area contributed by atoms with Crippen molar-refractivity contribution in [2.24, 2.45) is 5.73 Å². The van der Waals surface area contributed by atoms with E-state index in [1.807, 2.05) is 60.7 Å². The van der Waals surface area contributed by atoms with Gasteiger partial charge in [-0.1, -0.05) is 81.4 Å². The molecule has 0 aliphatic heterocycles. The summed E-state index contributed by atoms with van der Waals surface area (Å²) >= 11 is 0. The van der Waals surface area contributed by atoms with Crippen molar-refractivity contribution >= 4 is 33.6 Å². The Balaban J connectivity index is 1.66. The minimum atomic E-state index is -0.825. The largest absolute Gasteiger partial charge is 0.368 e. The molecule has 1 aromatic heterocycles. The van der Waals surface area contributed by atoms with Crippen LogP contribution >= 0.6 is 0 Å². The molecule has 0 aliphatic rings. The van der Waals surface area contributed by atoms with Crippen molar-refractivity contribution in [3.8, 4) is 0 Å². The van der Waals surface area contributed by atoms with Gasteiger partial charge in [-0.3, -0.25) is 9.59 Å². The zero-order valence-corrected chi connectivity index (χ0v) is 18.6. The zero-order chi connectivity index (χ0) is 22.9. The molecule has 32 heavy (non-hydrogen) atoms. The molecule has 5 nitrogen and oxygen atoms in total. The van der Waals surface area contributed by atoms with Gasteiger partial charge in [0.2, 0.25) is 5.91 Å². The van der Waals surface area contributed by atoms with Gasteiger partial charge in [0.1, 0.15) is 6.04 Å². The number of benzene rings is 3. The number of nitrogens with two attached hydrogens (primary N) is 1. The maximum atomic E-state index is 13.4. The van der Waals surface area contributed by atoms with E-state index in [1.54, 1.807) is 0 Å². The highest BCUT2D eigenvalue weighted by molar-refractivity contribution is 6.16. The summed E-state index contributed by atoms with van der Waals surface area (Å²) in [6, 6.07) is 22.3. The molecule has 0 aliphatic carbocycles. The van der Waals surface area contributed by atoms with E-state index in [0.717, 1.165) is 27.4 Å². The second-order valence-electron chi connectivity index (χ2n) is 9.10. The van der Waals surface area contributed by atoms with E-state index in [9.17, 15) is 9.59 Å². The summed E-state index contributed by atoms with van der Waals surface area (Å²) in [5, 5.41) is 4.34. The Morgan fingerprint density at radius 1 is 0.875 bits per heavy atom. The van der Waals surface area contributed by atoms with E-state index in [-0.39, 0.29) is 11.3 Å². The molecule has 0 fully saturated rings. The van der Waals surface area contributed by atoms with Gasteiger partial charge in [0.15, 0.2) is 0 Å². The predicted molar refractivity (Wildman–Crippen MR) is 129 cm³/mol. The quantitative estimate of drug-likeness (QED) is 0.461. The van der Waals surface area contributed by atoms with Crippen LogP contribution in [0.5, 0.6) is 0 Å². The van der Waals surface area contributed by atoms with Crippen molar-refractivity contribution in [2.45, 2.75) is 38.6 Å². The van der Waals surface area contributed by atoms with Crippen LogP contribution in [0.1, 0.15) is 42.3 Å². The van der Waals surface area contributed by atoms with Crippen molar-refractivity contribution in [2.75, 3.05) is 0 Å². The molecule has 3 N–H and O–H groups in total. The first kappa shape index (κ1) is 21.5. The van der Waals surface area contributed by atoms with Crippen LogP contribution in [0.25, 0.3) is 21.8 Å². The second kappa shape index (κ2) is 8.42. The summed E-state index contributed by atoms with van der Waals surface area (Å²) in [7, 11) is 0. The van der Waals surface area contributed by atoms with E-state index in [0.29, 0.717) is 12.0 Å². The normalized spacial score (nSPS) is 12.6. The number of fused-ring (bicyclic) bond motifs is 2. The number of primary amides is 1. The molecule has 0 saturated heterocycles. The highest BCUT2D eigenvalue weighted by Gasteiger charge is 2.23. The van der Waals surface area contributed by atoms with E-state index in [4.69, 9.17) is 5.73 Å². The smallest absolute Gasteiger partial charge is 0.253 e. The number of hydrogen-bond acceptors (Lipinski definition) is 3. The van der Waals surface area contributed by atoms with Crippen LogP contribution in [0.4, 0.5) is 0 Å². The molecule has 2 amide bonds. The third kappa shape index (κ3) is 4.33. The molecule has 4 rings (SSSR count). The van der Waals surface area contributed by atoms with Crippen molar-refractivity contribution in [3.63, 3.8) is 0 Å². The average Bonchev–Trinajstić information content (AvgIpc) is 2.76. The Labute approximate surface area is 187 Å². The summed E-state index contributed by atoms with van der Waals surface area (Å²) in [4.78, 5) is 30.3. The van der Waals surface area contributed by atoms with E-state index in [1.165, 1.54) is 5.56 Å². The van der Waals surface area contributed by atoms with Crippen molar-refractivity contribution in [3.05, 3.63) is 89.5 Å². The SMILES string of the molecule is CC(C)(C)c1ccc(C[C@H](NC(=O)c2c3ccccc3nc3ccccc23)C(N)=O)cc1. The molecule has 0 bridgehead atoms. The number of nitrogens with zero attached hydrogens (tertiary/aromatic N) is 1. The number of carbonyl (C=O) groups is 2. The van der Waals surface area contributed by atoms with Gasteiger partial charge in [-0.15, -0.1) is 0 Å². The van der Waals surface area contributed by atoms with Gasteiger partial charge in [-0.2, -0.15) is 0 Å². The first-order valence-corrected chi connectivity index (χ1v) is 10.7. The van der Waals surface area contributed by atoms with Gasteiger partial charge in [-0.25, -0.2) is 4.98 Å². The number of nitrogens with one attached hydrogen (secondary N) is 1. The minimum Gasteiger partial charge on any atom is -0.368 e. The molecule has 0 unspecified atom stereocenters. The van der Waals surface area contributed by atoms with Crippen molar-refractivity contribution in [1.82, 2.24) is 10.3 Å². The van der Waals surface area contributed by atoms with Gasteiger partial charge in [0, 0.05) is 17.2 Å². The lowest BCUT2D eigenvalue weighted by Crippen LogP contribution is -2.46. The molecule has 4 aromatic rings. The summed E-state index contributed by atoms with van der Waals surface area (Å²) < 4.78 is 0.